The number of thiophene rings is 1. The van der Waals surface area contributed by atoms with Crippen molar-refractivity contribution in [2.75, 3.05) is 6.54 Å². The van der Waals surface area contributed by atoms with E-state index in [1.54, 1.807) is 0 Å². The zero-order valence-corrected chi connectivity index (χ0v) is 13.9. The quantitative estimate of drug-likeness (QED) is 0.802. The molecule has 1 unspecified atom stereocenters. The summed E-state index contributed by atoms with van der Waals surface area (Å²) in [6.07, 6.45) is 2.16. The minimum atomic E-state index is -0.0492. The number of para-hydroxylation sites is 1. The van der Waals surface area contributed by atoms with Crippen LogP contribution in [0.1, 0.15) is 35.7 Å². The minimum absolute atomic E-state index is 0.0492. The van der Waals surface area contributed by atoms with E-state index < -0.39 is 0 Å². The van der Waals surface area contributed by atoms with E-state index in [2.05, 4.69) is 33.2 Å². The molecule has 1 aliphatic heterocycles. The molecule has 0 saturated carbocycles. The first kappa shape index (κ1) is 14.6. The Balaban J connectivity index is 1.67. The molecule has 1 aliphatic rings. The van der Waals surface area contributed by atoms with Gasteiger partial charge < -0.3 is 4.98 Å². The van der Waals surface area contributed by atoms with Gasteiger partial charge in [0.15, 0.2) is 0 Å². The number of hydrogen-bond donors (Lipinski definition) is 1. The molecule has 0 amide bonds. The second-order valence-corrected chi connectivity index (χ2v) is 6.97. The van der Waals surface area contributed by atoms with Crippen LogP contribution in [0.5, 0.6) is 0 Å². The Bertz CT molecular complexity index is 898. The fraction of sp³-hybridized carbons (Fsp3) is 0.333. The molecule has 4 rings (SSSR count). The largest absolute Gasteiger partial charge is 0.309 e. The molecule has 4 nitrogen and oxygen atoms in total. The predicted octanol–water partition coefficient (Wildman–Crippen LogP) is 3.49. The summed E-state index contributed by atoms with van der Waals surface area (Å²) in [5, 5.41) is 2.84. The van der Waals surface area contributed by atoms with Crippen LogP contribution in [0.4, 0.5) is 0 Å². The molecule has 0 aliphatic carbocycles. The highest BCUT2D eigenvalue weighted by Crippen LogP contribution is 2.35. The first-order valence-corrected chi connectivity index (χ1v) is 8.92. The van der Waals surface area contributed by atoms with E-state index in [0.29, 0.717) is 18.0 Å². The Labute approximate surface area is 138 Å². The predicted molar refractivity (Wildman–Crippen MR) is 93.8 cm³/mol. The van der Waals surface area contributed by atoms with Crippen molar-refractivity contribution in [3.8, 4) is 0 Å². The number of fused-ring (bicyclic) bond motifs is 2. The van der Waals surface area contributed by atoms with Crippen molar-refractivity contribution in [2.45, 2.75) is 32.4 Å². The molecule has 0 bridgehead atoms. The molecule has 0 saturated heterocycles. The summed E-state index contributed by atoms with van der Waals surface area (Å²) < 4.78 is 0. The zero-order valence-electron chi connectivity index (χ0n) is 13.1. The van der Waals surface area contributed by atoms with E-state index in [9.17, 15) is 4.79 Å². The molecule has 3 aromatic rings. The topological polar surface area (TPSA) is 49.0 Å². The summed E-state index contributed by atoms with van der Waals surface area (Å²) >= 11 is 1.86. The van der Waals surface area contributed by atoms with Crippen molar-refractivity contribution in [1.29, 1.82) is 0 Å². The van der Waals surface area contributed by atoms with Gasteiger partial charge in [-0.05, 0) is 42.0 Å². The van der Waals surface area contributed by atoms with Crippen molar-refractivity contribution >= 4 is 22.2 Å². The second kappa shape index (κ2) is 5.91. The highest BCUT2D eigenvalue weighted by molar-refractivity contribution is 7.10. The monoisotopic (exact) mass is 325 g/mol. The van der Waals surface area contributed by atoms with Gasteiger partial charge in [0.2, 0.25) is 0 Å². The van der Waals surface area contributed by atoms with Gasteiger partial charge in [-0.1, -0.05) is 19.1 Å². The summed E-state index contributed by atoms with van der Waals surface area (Å²) in [4.78, 5) is 23.8. The van der Waals surface area contributed by atoms with E-state index in [-0.39, 0.29) is 5.56 Å². The maximum absolute atomic E-state index is 12.2. The van der Waals surface area contributed by atoms with Crippen molar-refractivity contribution in [3.63, 3.8) is 0 Å². The summed E-state index contributed by atoms with van der Waals surface area (Å²) in [6.45, 7) is 3.93. The lowest BCUT2D eigenvalue weighted by atomic mass is 9.98. The highest BCUT2D eigenvalue weighted by atomic mass is 32.1. The minimum Gasteiger partial charge on any atom is -0.309 e. The van der Waals surface area contributed by atoms with Crippen molar-refractivity contribution in [2.24, 2.45) is 0 Å². The smallest absolute Gasteiger partial charge is 0.258 e. The highest BCUT2D eigenvalue weighted by Gasteiger charge is 2.27. The molecular weight excluding hydrogens is 306 g/mol. The number of hydrogen-bond acceptors (Lipinski definition) is 4. The maximum atomic E-state index is 12.2. The first-order chi connectivity index (χ1) is 11.3. The molecule has 0 fully saturated rings. The zero-order chi connectivity index (χ0) is 15.8. The lowest BCUT2D eigenvalue weighted by Crippen LogP contribution is -2.35. The number of rotatable bonds is 3. The number of nitrogens with zero attached hydrogens (tertiary/aromatic N) is 2. The van der Waals surface area contributed by atoms with E-state index in [4.69, 9.17) is 0 Å². The van der Waals surface area contributed by atoms with Crippen LogP contribution in [0.2, 0.25) is 0 Å². The summed E-state index contributed by atoms with van der Waals surface area (Å²) in [6, 6.07) is 10.2. The van der Waals surface area contributed by atoms with Gasteiger partial charge in [-0.3, -0.25) is 9.69 Å². The van der Waals surface area contributed by atoms with Crippen LogP contribution in [0.25, 0.3) is 10.9 Å². The average molecular weight is 325 g/mol. The van der Waals surface area contributed by atoms with Gasteiger partial charge in [0.25, 0.3) is 5.56 Å². The molecule has 118 valence electrons. The third-order valence-corrected chi connectivity index (χ3v) is 5.60. The van der Waals surface area contributed by atoms with Crippen molar-refractivity contribution < 1.29 is 0 Å². The van der Waals surface area contributed by atoms with E-state index in [1.165, 1.54) is 10.4 Å². The van der Waals surface area contributed by atoms with Gasteiger partial charge in [-0.15, -0.1) is 11.3 Å². The molecule has 1 atom stereocenters. The molecule has 5 heteroatoms. The Hall–Kier alpha value is -1.98. The van der Waals surface area contributed by atoms with Gasteiger partial charge in [0, 0.05) is 17.5 Å². The molecule has 23 heavy (non-hydrogen) atoms. The van der Waals surface area contributed by atoms with Gasteiger partial charge in [0.05, 0.1) is 17.4 Å². The van der Waals surface area contributed by atoms with Gasteiger partial charge in [0.1, 0.15) is 5.82 Å². The first-order valence-electron chi connectivity index (χ1n) is 8.04. The van der Waals surface area contributed by atoms with Crippen LogP contribution < -0.4 is 5.56 Å². The number of aromatic nitrogens is 2. The SMILES string of the molecule is CCC1c2ccsc2CCN1Cc1nc2ccccc2c(=O)[nH]1. The Morgan fingerprint density at radius 2 is 2.22 bits per heavy atom. The van der Waals surface area contributed by atoms with E-state index in [1.807, 2.05) is 35.6 Å². The number of nitrogens with one attached hydrogen (secondary N) is 1. The molecule has 2 aromatic heterocycles. The average Bonchev–Trinajstić information content (AvgIpc) is 3.03. The van der Waals surface area contributed by atoms with E-state index >= 15 is 0 Å². The molecule has 0 spiro atoms. The number of aromatic amines is 1. The Morgan fingerprint density at radius 3 is 3.09 bits per heavy atom. The Morgan fingerprint density at radius 1 is 1.35 bits per heavy atom. The van der Waals surface area contributed by atoms with Gasteiger partial charge in [-0.2, -0.15) is 0 Å². The standard InChI is InChI=1S/C18H19N3OS/c1-2-15-13-8-10-23-16(13)7-9-21(15)11-17-19-14-6-4-3-5-12(14)18(22)20-17/h3-6,8,10,15H,2,7,9,11H2,1H3,(H,19,20,22). The third-order valence-electron chi connectivity index (χ3n) is 4.61. The van der Waals surface area contributed by atoms with Crippen LogP contribution in [-0.4, -0.2) is 21.4 Å². The molecule has 3 heterocycles. The molecular formula is C18H19N3OS. The fourth-order valence-electron chi connectivity index (χ4n) is 3.52. The maximum Gasteiger partial charge on any atom is 0.258 e. The van der Waals surface area contributed by atoms with Crippen LogP contribution in [-0.2, 0) is 13.0 Å². The van der Waals surface area contributed by atoms with Gasteiger partial charge >= 0.3 is 0 Å². The van der Waals surface area contributed by atoms with Crippen molar-refractivity contribution in [3.05, 3.63) is 62.3 Å². The third kappa shape index (κ3) is 2.60. The summed E-state index contributed by atoms with van der Waals surface area (Å²) in [5.41, 5.74) is 2.17. The number of benzene rings is 1. The molecule has 0 radical (unpaired) electrons. The lowest BCUT2D eigenvalue weighted by molar-refractivity contribution is 0.168. The Kier molecular flexibility index (Phi) is 3.75. The van der Waals surface area contributed by atoms with Crippen LogP contribution >= 0.6 is 11.3 Å². The second-order valence-electron chi connectivity index (χ2n) is 5.97. The normalized spacial score (nSPS) is 18.2. The van der Waals surface area contributed by atoms with Crippen LogP contribution in [0, 0.1) is 0 Å². The van der Waals surface area contributed by atoms with Crippen molar-refractivity contribution in [1.82, 2.24) is 14.9 Å². The summed E-state index contributed by atoms with van der Waals surface area (Å²) in [5.74, 6) is 0.755. The molecule has 1 aromatic carbocycles. The van der Waals surface area contributed by atoms with Gasteiger partial charge in [-0.25, -0.2) is 4.98 Å². The molecule has 1 N–H and O–H groups in total. The van der Waals surface area contributed by atoms with Crippen LogP contribution in [0.15, 0.2) is 40.5 Å². The van der Waals surface area contributed by atoms with E-state index in [0.717, 1.165) is 30.7 Å². The lowest BCUT2D eigenvalue weighted by Gasteiger charge is -2.35. The summed E-state index contributed by atoms with van der Waals surface area (Å²) in [7, 11) is 0. The van der Waals surface area contributed by atoms with Crippen LogP contribution in [0.3, 0.4) is 0 Å². The fourth-order valence-corrected chi connectivity index (χ4v) is 4.45. The number of H-pyrrole nitrogens is 1.